The molecule has 16 N–H and O–H groups in total. The van der Waals surface area contributed by atoms with Crippen molar-refractivity contribution in [2.45, 2.75) is 131 Å². The van der Waals surface area contributed by atoms with Crippen molar-refractivity contribution in [2.75, 3.05) is 26.2 Å². The summed E-state index contributed by atoms with van der Waals surface area (Å²) in [6, 6.07) is 0. The highest BCUT2D eigenvalue weighted by Crippen LogP contribution is 2.67. The first-order valence-electron chi connectivity index (χ1n) is 18.3. The van der Waals surface area contributed by atoms with Gasteiger partial charge in [0.05, 0.1) is 6.10 Å². The van der Waals surface area contributed by atoms with Crippen LogP contribution in [0, 0.1) is 57.2 Å². The maximum Gasteiger partial charge on any atom is 0.183 e. The van der Waals surface area contributed by atoms with Crippen LogP contribution in [0.3, 0.4) is 0 Å². The SMILES string of the molecule is CC(C)CCCC(C)[C@H]1CC[C@H]2[C@@H]3CC=C4C[C@@H](O)CC[C@]4(C)[C@H]3CC[C@]12C.N=C(N)N.N=C(N)N.NCCCCNCCCN. The zero-order chi connectivity index (χ0) is 34.9. The smallest absolute Gasteiger partial charge is 0.183 e. The zero-order valence-electron chi connectivity index (χ0n) is 30.3. The van der Waals surface area contributed by atoms with Crippen molar-refractivity contribution in [3.8, 4) is 0 Å². The maximum absolute atomic E-state index is 10.2. The van der Waals surface area contributed by atoms with E-state index >= 15 is 0 Å². The number of aliphatic hydroxyl groups is 1. The van der Waals surface area contributed by atoms with E-state index in [1.54, 1.807) is 5.57 Å². The number of guanidine groups is 2. The molecule has 8 atom stereocenters. The topological polar surface area (TPSA) is 236 Å². The third-order valence-electron chi connectivity index (χ3n) is 11.6. The second kappa shape index (κ2) is 21.2. The predicted molar refractivity (Wildman–Crippen MR) is 196 cm³/mol. The fourth-order valence-electron chi connectivity index (χ4n) is 9.41. The fraction of sp³-hybridized carbons (Fsp3) is 0.889. The lowest BCUT2D eigenvalue weighted by molar-refractivity contribution is -0.0573. The Morgan fingerprint density at radius 1 is 0.848 bits per heavy atom. The standard InChI is InChI=1S/C27H46O.C7H19N3.2CH5N3/c1-18(2)7-6-8-19(3)23-11-12-24-22-10-9-20-17-21(28)13-15-26(20,4)25(22)14-16-27(23,24)5;8-4-1-2-6-10-7-3-5-9;2*2-1(3)4/h9,18-19,21-25,28H,6-8,10-17H2,1-5H3;10H,1-9H2;2*(H5,2,3,4)/t19?,21-,22-,23+,24-,25-,26-,27+;;;/m0.../s1. The molecular weight excluding hydrogens is 574 g/mol. The summed E-state index contributed by atoms with van der Waals surface area (Å²) in [5.41, 5.74) is 31.1. The van der Waals surface area contributed by atoms with Crippen LogP contribution >= 0.6 is 0 Å². The van der Waals surface area contributed by atoms with Gasteiger partial charge in [0, 0.05) is 0 Å². The van der Waals surface area contributed by atoms with Crippen LogP contribution in [0.4, 0.5) is 0 Å². The quantitative estimate of drug-likeness (QED) is 0.0612. The van der Waals surface area contributed by atoms with Crippen LogP contribution < -0.4 is 39.7 Å². The normalized spacial score (nSPS) is 31.6. The number of unbranched alkanes of at least 4 members (excludes halogenated alkanes) is 1. The monoisotopic (exact) mass is 650 g/mol. The van der Waals surface area contributed by atoms with Gasteiger partial charge in [-0.1, -0.05) is 65.5 Å². The molecule has 0 aliphatic heterocycles. The molecule has 0 spiro atoms. The van der Waals surface area contributed by atoms with E-state index in [1.165, 1.54) is 64.2 Å². The predicted octanol–water partition coefficient (Wildman–Crippen LogP) is 4.73. The van der Waals surface area contributed by atoms with Gasteiger partial charge in [-0.25, -0.2) is 0 Å². The molecule has 270 valence electrons. The van der Waals surface area contributed by atoms with E-state index in [9.17, 15) is 5.11 Å². The molecule has 4 rings (SSSR count). The first-order chi connectivity index (χ1) is 21.6. The van der Waals surface area contributed by atoms with Gasteiger partial charge in [0.25, 0.3) is 0 Å². The molecule has 46 heavy (non-hydrogen) atoms. The molecule has 0 bridgehead atoms. The number of rotatable bonds is 12. The molecule has 0 radical (unpaired) electrons. The Kier molecular flexibility index (Phi) is 19.4. The second-order valence-electron chi connectivity index (χ2n) is 15.5. The van der Waals surface area contributed by atoms with Crippen molar-refractivity contribution in [1.82, 2.24) is 5.32 Å². The van der Waals surface area contributed by atoms with Crippen molar-refractivity contribution in [2.24, 2.45) is 80.7 Å². The summed E-state index contributed by atoms with van der Waals surface area (Å²) in [6.45, 7) is 16.3. The molecule has 0 heterocycles. The fourth-order valence-corrected chi connectivity index (χ4v) is 9.41. The number of hydrogen-bond acceptors (Lipinski definition) is 6. The molecule has 1 unspecified atom stereocenters. The Labute approximate surface area is 282 Å². The lowest BCUT2D eigenvalue weighted by atomic mass is 9.47. The lowest BCUT2D eigenvalue weighted by Gasteiger charge is -2.58. The van der Waals surface area contributed by atoms with Gasteiger partial charge in [0.1, 0.15) is 0 Å². The molecule has 4 aliphatic rings. The van der Waals surface area contributed by atoms with Crippen molar-refractivity contribution in [1.29, 1.82) is 10.8 Å². The van der Waals surface area contributed by atoms with Gasteiger partial charge in [-0.2, -0.15) is 0 Å². The van der Waals surface area contributed by atoms with Gasteiger partial charge in [-0.05, 0) is 143 Å². The molecule has 0 aromatic heterocycles. The minimum absolute atomic E-state index is 0.0766. The Morgan fingerprint density at radius 3 is 2.04 bits per heavy atom. The third-order valence-corrected chi connectivity index (χ3v) is 11.6. The highest BCUT2D eigenvalue weighted by molar-refractivity contribution is 5.72. The summed E-state index contributed by atoms with van der Waals surface area (Å²) in [5, 5.41) is 25.6. The number of nitrogens with one attached hydrogen (secondary N) is 3. The van der Waals surface area contributed by atoms with Gasteiger partial charge in [-0.3, -0.25) is 10.8 Å². The van der Waals surface area contributed by atoms with E-state index in [0.717, 1.165) is 87.4 Å². The summed E-state index contributed by atoms with van der Waals surface area (Å²) < 4.78 is 0. The molecule has 0 saturated heterocycles. The zero-order valence-corrected chi connectivity index (χ0v) is 30.3. The second-order valence-corrected chi connectivity index (χ2v) is 15.5. The molecule has 4 aliphatic carbocycles. The largest absolute Gasteiger partial charge is 0.393 e. The molecule has 10 heteroatoms. The van der Waals surface area contributed by atoms with Crippen molar-refractivity contribution in [3.05, 3.63) is 11.6 Å². The Balaban J connectivity index is 0.000000486. The van der Waals surface area contributed by atoms with E-state index < -0.39 is 0 Å². The van der Waals surface area contributed by atoms with Crippen LogP contribution in [-0.4, -0.2) is 49.3 Å². The van der Waals surface area contributed by atoms with E-state index in [4.69, 9.17) is 22.3 Å². The minimum atomic E-state index is -0.333. The molecular formula is C36H75N9O. The maximum atomic E-state index is 10.2. The molecule has 0 aromatic carbocycles. The molecule has 3 saturated carbocycles. The van der Waals surface area contributed by atoms with Crippen LogP contribution in [0.1, 0.15) is 125 Å². The van der Waals surface area contributed by atoms with Gasteiger partial charge < -0.3 is 44.8 Å². The summed E-state index contributed by atoms with van der Waals surface area (Å²) in [7, 11) is 0. The average Bonchev–Trinajstić information content (AvgIpc) is 3.32. The number of nitrogens with two attached hydrogens (primary N) is 6. The van der Waals surface area contributed by atoms with Gasteiger partial charge >= 0.3 is 0 Å². The van der Waals surface area contributed by atoms with E-state index in [0.29, 0.717) is 10.8 Å². The van der Waals surface area contributed by atoms with Gasteiger partial charge in [0.2, 0.25) is 0 Å². The third kappa shape index (κ3) is 13.3. The molecule has 3 fully saturated rings. The van der Waals surface area contributed by atoms with Crippen molar-refractivity contribution in [3.63, 3.8) is 0 Å². The van der Waals surface area contributed by atoms with Gasteiger partial charge in [-0.15, -0.1) is 0 Å². The minimum Gasteiger partial charge on any atom is -0.393 e. The Hall–Kier alpha value is -1.88. The van der Waals surface area contributed by atoms with Crippen LogP contribution in [0.25, 0.3) is 0 Å². The highest BCUT2D eigenvalue weighted by atomic mass is 16.3. The summed E-state index contributed by atoms with van der Waals surface area (Å²) >= 11 is 0. The summed E-state index contributed by atoms with van der Waals surface area (Å²) in [5.74, 6) is 4.79. The summed E-state index contributed by atoms with van der Waals surface area (Å²) in [4.78, 5) is 0. The van der Waals surface area contributed by atoms with E-state index in [2.05, 4.69) is 68.9 Å². The van der Waals surface area contributed by atoms with Crippen LogP contribution in [0.5, 0.6) is 0 Å². The number of hydrogen-bond donors (Lipinski definition) is 10. The lowest BCUT2D eigenvalue weighted by Crippen LogP contribution is -2.50. The molecule has 10 nitrogen and oxygen atoms in total. The summed E-state index contributed by atoms with van der Waals surface area (Å²) in [6.07, 6.45) is 20.5. The molecule has 0 amide bonds. The van der Waals surface area contributed by atoms with Crippen molar-refractivity contribution < 1.29 is 5.11 Å². The number of aliphatic hydroxyl groups excluding tert-OH is 1. The highest BCUT2D eigenvalue weighted by Gasteiger charge is 2.59. The first kappa shape index (κ1) is 42.1. The van der Waals surface area contributed by atoms with Crippen LogP contribution in [0.2, 0.25) is 0 Å². The van der Waals surface area contributed by atoms with E-state index in [1.807, 2.05) is 0 Å². The van der Waals surface area contributed by atoms with Gasteiger partial charge in [0.15, 0.2) is 11.9 Å². The first-order valence-corrected chi connectivity index (χ1v) is 18.3. The number of fused-ring (bicyclic) bond motifs is 5. The van der Waals surface area contributed by atoms with Crippen LogP contribution in [0.15, 0.2) is 11.6 Å². The van der Waals surface area contributed by atoms with Crippen molar-refractivity contribution >= 4 is 11.9 Å². The Morgan fingerprint density at radius 2 is 1.46 bits per heavy atom. The number of allylic oxidation sites excluding steroid dienone is 1. The average molecular weight is 650 g/mol. The van der Waals surface area contributed by atoms with E-state index in [-0.39, 0.29) is 18.0 Å². The molecule has 0 aromatic rings. The van der Waals surface area contributed by atoms with Crippen LogP contribution in [-0.2, 0) is 0 Å². The Bertz CT molecular complexity index is 884.